The van der Waals surface area contributed by atoms with Crippen LogP contribution in [0.1, 0.15) is 26.7 Å². The fraction of sp³-hybridized carbons (Fsp3) is 0.929. The first-order chi connectivity index (χ1) is 8.71. The van der Waals surface area contributed by atoms with Gasteiger partial charge in [0.2, 0.25) is 5.91 Å². The van der Waals surface area contributed by atoms with Crippen molar-refractivity contribution in [3.8, 4) is 0 Å². The van der Waals surface area contributed by atoms with Gasteiger partial charge in [0, 0.05) is 19.1 Å². The summed E-state index contributed by atoms with van der Waals surface area (Å²) in [6.07, 6.45) is 2.16. The van der Waals surface area contributed by atoms with E-state index in [0.29, 0.717) is 6.04 Å². The molecule has 0 aliphatic carbocycles. The highest BCUT2D eigenvalue weighted by Gasteiger charge is 2.34. The molecule has 0 N–H and O–H groups in total. The van der Waals surface area contributed by atoms with Gasteiger partial charge in [-0.3, -0.25) is 4.79 Å². The maximum absolute atomic E-state index is 12.6. The van der Waals surface area contributed by atoms with Crippen LogP contribution < -0.4 is 0 Å². The Labute approximate surface area is 126 Å². The number of likely N-dealkylation sites (tertiary alicyclic amines) is 1. The van der Waals surface area contributed by atoms with E-state index in [1.165, 1.54) is 0 Å². The minimum Gasteiger partial charge on any atom is -0.337 e. The number of carbonyl (C=O) groups is 1. The maximum Gasteiger partial charge on any atom is 0.239 e. The third-order valence-corrected chi connectivity index (χ3v) is 4.03. The molecule has 0 saturated carbocycles. The normalized spacial score (nSPS) is 18.9. The van der Waals surface area contributed by atoms with Crippen molar-refractivity contribution in [2.75, 3.05) is 47.3 Å². The van der Waals surface area contributed by atoms with Gasteiger partial charge in [0.05, 0.1) is 4.32 Å². The van der Waals surface area contributed by atoms with Crippen LogP contribution in [0.15, 0.2) is 0 Å². The molecule has 0 atom stereocenters. The number of alkyl halides is 1. The van der Waals surface area contributed by atoms with Crippen LogP contribution in [-0.2, 0) is 4.79 Å². The van der Waals surface area contributed by atoms with Crippen molar-refractivity contribution in [2.45, 2.75) is 37.1 Å². The molecule has 0 bridgehead atoms. The van der Waals surface area contributed by atoms with E-state index in [-0.39, 0.29) is 5.91 Å². The number of nitrogens with zero attached hydrogens (tertiary/aromatic N) is 3. The molecule has 1 aliphatic heterocycles. The summed E-state index contributed by atoms with van der Waals surface area (Å²) in [6, 6.07) is 0.389. The van der Waals surface area contributed by atoms with Gasteiger partial charge in [-0.15, -0.1) is 0 Å². The van der Waals surface area contributed by atoms with Crippen LogP contribution in [-0.4, -0.2) is 78.3 Å². The molecule has 5 heteroatoms. The van der Waals surface area contributed by atoms with Gasteiger partial charge in [0.1, 0.15) is 0 Å². The maximum atomic E-state index is 12.6. The number of hydrogen-bond donors (Lipinski definition) is 0. The Kier molecular flexibility index (Phi) is 6.27. The predicted molar refractivity (Wildman–Crippen MR) is 83.8 cm³/mol. The van der Waals surface area contributed by atoms with Gasteiger partial charge in [-0.2, -0.15) is 0 Å². The average Bonchev–Trinajstić information content (AvgIpc) is 2.29. The van der Waals surface area contributed by atoms with Crippen LogP contribution >= 0.6 is 15.9 Å². The number of carbonyl (C=O) groups excluding carboxylic acids is 1. The molecule has 0 aromatic rings. The molecule has 1 rings (SSSR count). The molecule has 1 amide bonds. The molecule has 4 nitrogen and oxygen atoms in total. The Morgan fingerprint density at radius 2 is 1.79 bits per heavy atom. The second-order valence-electron chi connectivity index (χ2n) is 6.31. The molecule has 112 valence electrons. The molecule has 0 spiro atoms. The Morgan fingerprint density at radius 1 is 1.26 bits per heavy atom. The number of hydrogen-bond acceptors (Lipinski definition) is 3. The summed E-state index contributed by atoms with van der Waals surface area (Å²) in [5.41, 5.74) is 0. The van der Waals surface area contributed by atoms with Gasteiger partial charge in [0.25, 0.3) is 0 Å². The van der Waals surface area contributed by atoms with E-state index < -0.39 is 4.32 Å². The van der Waals surface area contributed by atoms with Gasteiger partial charge in [-0.05, 0) is 60.9 Å². The van der Waals surface area contributed by atoms with Crippen molar-refractivity contribution in [2.24, 2.45) is 0 Å². The van der Waals surface area contributed by atoms with E-state index in [1.807, 2.05) is 13.8 Å². The van der Waals surface area contributed by atoms with Crippen molar-refractivity contribution >= 4 is 21.8 Å². The van der Waals surface area contributed by atoms with Gasteiger partial charge < -0.3 is 14.7 Å². The second-order valence-corrected chi connectivity index (χ2v) is 8.29. The Hall–Kier alpha value is -0.130. The molecule has 19 heavy (non-hydrogen) atoms. The van der Waals surface area contributed by atoms with Gasteiger partial charge in [-0.1, -0.05) is 15.9 Å². The number of rotatable bonds is 5. The minimum absolute atomic E-state index is 0.212. The smallest absolute Gasteiger partial charge is 0.239 e. The summed E-state index contributed by atoms with van der Waals surface area (Å²) in [7, 11) is 6.25. The zero-order valence-corrected chi connectivity index (χ0v) is 14.5. The van der Waals surface area contributed by atoms with Gasteiger partial charge in [0.15, 0.2) is 0 Å². The number of halogens is 1. The summed E-state index contributed by atoms with van der Waals surface area (Å²) in [5, 5.41) is 0. The third kappa shape index (κ3) is 5.40. The number of amides is 1. The van der Waals surface area contributed by atoms with Crippen molar-refractivity contribution in [3.05, 3.63) is 0 Å². The lowest BCUT2D eigenvalue weighted by atomic mass is 10.0. The highest BCUT2D eigenvalue weighted by atomic mass is 79.9. The number of likely N-dealkylation sites (N-methyl/N-ethyl adjacent to an activating group) is 1. The van der Waals surface area contributed by atoms with Crippen LogP contribution in [0.2, 0.25) is 0 Å². The SMILES string of the molecule is CN(C)CCN(C(=O)C(C)(C)Br)C1CCN(C)CC1. The lowest BCUT2D eigenvalue weighted by Gasteiger charge is -2.40. The molecular formula is C14H28BrN3O. The first-order valence-corrected chi connectivity index (χ1v) is 7.84. The largest absolute Gasteiger partial charge is 0.337 e. The molecule has 0 aromatic heterocycles. The Balaban J connectivity index is 2.71. The molecule has 0 unspecified atom stereocenters. The quantitative estimate of drug-likeness (QED) is 0.716. The van der Waals surface area contributed by atoms with Crippen molar-refractivity contribution < 1.29 is 4.79 Å². The zero-order valence-electron chi connectivity index (χ0n) is 12.9. The van der Waals surface area contributed by atoms with Gasteiger partial charge in [-0.25, -0.2) is 0 Å². The topological polar surface area (TPSA) is 26.8 Å². The molecule has 1 aliphatic rings. The summed E-state index contributed by atoms with van der Waals surface area (Å²) in [4.78, 5) is 19.2. The molecule has 1 saturated heterocycles. The monoisotopic (exact) mass is 333 g/mol. The van der Waals surface area contributed by atoms with Crippen LogP contribution in [0.5, 0.6) is 0 Å². The van der Waals surface area contributed by atoms with E-state index in [2.05, 4.69) is 51.8 Å². The first kappa shape index (κ1) is 16.9. The lowest BCUT2D eigenvalue weighted by Crippen LogP contribution is -2.52. The molecule has 1 heterocycles. The summed E-state index contributed by atoms with van der Waals surface area (Å²) in [6.45, 7) is 7.77. The zero-order chi connectivity index (χ0) is 14.6. The van der Waals surface area contributed by atoms with Crippen LogP contribution in [0.25, 0.3) is 0 Å². The molecular weight excluding hydrogens is 306 g/mol. The number of piperidine rings is 1. The highest BCUT2D eigenvalue weighted by Crippen LogP contribution is 2.24. The summed E-state index contributed by atoms with van der Waals surface area (Å²) in [5.74, 6) is 0.212. The Morgan fingerprint density at radius 3 is 2.21 bits per heavy atom. The molecule has 0 radical (unpaired) electrons. The second kappa shape index (κ2) is 7.04. The van der Waals surface area contributed by atoms with Crippen LogP contribution in [0.4, 0.5) is 0 Å². The van der Waals surface area contributed by atoms with Gasteiger partial charge >= 0.3 is 0 Å². The fourth-order valence-electron chi connectivity index (χ4n) is 2.41. The minimum atomic E-state index is -0.470. The average molecular weight is 334 g/mol. The fourth-order valence-corrected chi connectivity index (χ4v) is 2.63. The highest BCUT2D eigenvalue weighted by molar-refractivity contribution is 9.10. The van der Waals surface area contributed by atoms with Crippen molar-refractivity contribution in [1.82, 2.24) is 14.7 Å². The Bertz CT molecular complexity index is 294. The molecule has 1 fully saturated rings. The first-order valence-electron chi connectivity index (χ1n) is 7.05. The van der Waals surface area contributed by atoms with E-state index >= 15 is 0 Å². The molecule has 0 aromatic carbocycles. The van der Waals surface area contributed by atoms with Crippen LogP contribution in [0.3, 0.4) is 0 Å². The standard InChI is InChI=1S/C14H28BrN3O/c1-14(2,15)13(19)18(11-10-16(3)4)12-6-8-17(5)9-7-12/h12H,6-11H2,1-5H3. The van der Waals surface area contributed by atoms with Crippen molar-refractivity contribution in [1.29, 1.82) is 0 Å². The summed E-state index contributed by atoms with van der Waals surface area (Å²) >= 11 is 3.51. The van der Waals surface area contributed by atoms with Crippen molar-refractivity contribution in [3.63, 3.8) is 0 Å². The van der Waals surface area contributed by atoms with E-state index in [0.717, 1.165) is 39.0 Å². The summed E-state index contributed by atoms with van der Waals surface area (Å²) < 4.78 is -0.470. The predicted octanol–water partition coefficient (Wildman–Crippen LogP) is 1.64. The van der Waals surface area contributed by atoms with E-state index in [4.69, 9.17) is 0 Å². The third-order valence-electron chi connectivity index (χ3n) is 3.69. The van der Waals surface area contributed by atoms with E-state index in [1.54, 1.807) is 0 Å². The lowest BCUT2D eigenvalue weighted by molar-refractivity contribution is -0.136. The van der Waals surface area contributed by atoms with E-state index in [9.17, 15) is 4.79 Å². The van der Waals surface area contributed by atoms with Crippen LogP contribution in [0, 0.1) is 0 Å².